The van der Waals surface area contributed by atoms with Crippen molar-refractivity contribution in [1.82, 2.24) is 29.2 Å². The van der Waals surface area contributed by atoms with Gasteiger partial charge < -0.3 is 24.3 Å². The second kappa shape index (κ2) is 9.69. The van der Waals surface area contributed by atoms with Gasteiger partial charge in [-0.15, -0.1) is 0 Å². The van der Waals surface area contributed by atoms with Gasteiger partial charge in [-0.1, -0.05) is 0 Å². The Kier molecular flexibility index (Phi) is 5.96. The maximum atomic E-state index is 13.1. The fourth-order valence-corrected chi connectivity index (χ4v) is 6.50. The summed E-state index contributed by atoms with van der Waals surface area (Å²) in [5.74, 6) is 0.736. The number of nitrogens with one attached hydrogen (secondary N) is 1. The van der Waals surface area contributed by atoms with E-state index in [1.807, 2.05) is 49.1 Å². The molecule has 0 bridgehead atoms. The van der Waals surface area contributed by atoms with Crippen molar-refractivity contribution in [2.75, 3.05) is 13.2 Å². The van der Waals surface area contributed by atoms with Gasteiger partial charge in [0.2, 0.25) is 0 Å². The number of aromatic nitrogens is 5. The number of ether oxygens (including phenoxy) is 1. The van der Waals surface area contributed by atoms with Crippen LogP contribution < -0.4 is 4.74 Å². The number of pyridine rings is 1. The first-order valence-electron chi connectivity index (χ1n) is 14.1. The third-order valence-electron chi connectivity index (χ3n) is 8.32. The molecule has 4 aromatic heterocycles. The summed E-state index contributed by atoms with van der Waals surface area (Å²) in [6.45, 7) is 5.99. The first-order chi connectivity index (χ1) is 20.0. The molecule has 6 aromatic rings. The lowest BCUT2D eigenvalue weighted by Gasteiger charge is -2.21. The van der Waals surface area contributed by atoms with Crippen molar-refractivity contribution in [2.24, 2.45) is 7.05 Å². The molecule has 9 heteroatoms. The molecule has 1 aliphatic carbocycles. The van der Waals surface area contributed by atoms with Crippen molar-refractivity contribution >= 4 is 38.5 Å². The Morgan fingerprint density at radius 3 is 2.73 bits per heavy atom. The lowest BCUT2D eigenvalue weighted by atomic mass is 9.85. The number of fused-ring (bicyclic) bond motifs is 10. The normalized spacial score (nSPS) is 12.7. The first kappa shape index (κ1) is 25.2. The summed E-state index contributed by atoms with van der Waals surface area (Å²) in [5, 5.41) is 19.6. The molecule has 0 unspecified atom stereocenters. The molecule has 0 fully saturated rings. The molecule has 0 saturated heterocycles. The minimum absolute atomic E-state index is 0.0453. The van der Waals surface area contributed by atoms with Crippen LogP contribution in [-0.2, 0) is 37.8 Å². The van der Waals surface area contributed by atoms with Crippen LogP contribution in [0.1, 0.15) is 30.7 Å². The minimum Gasteiger partial charge on any atom is -0.494 e. The number of H-pyrrole nitrogens is 1. The van der Waals surface area contributed by atoms with Gasteiger partial charge in [0.15, 0.2) is 12.5 Å². The number of nitrogens with zero attached hydrogens (tertiary/aromatic N) is 5. The highest BCUT2D eigenvalue weighted by atomic mass is 16.5. The summed E-state index contributed by atoms with van der Waals surface area (Å²) in [7, 11) is 1.94. The predicted octanol–water partition coefficient (Wildman–Crippen LogP) is 5.32. The van der Waals surface area contributed by atoms with E-state index in [4.69, 9.17) is 9.84 Å². The Morgan fingerprint density at radius 2 is 1.95 bits per heavy atom. The molecule has 7 rings (SSSR count). The molecule has 2 N–H and O–H groups in total. The number of benzene rings is 2. The maximum absolute atomic E-state index is 13.1. The van der Waals surface area contributed by atoms with Crippen molar-refractivity contribution in [3.63, 3.8) is 0 Å². The number of hydrogen-bond donors (Lipinski definition) is 2. The number of aryl methyl sites for hydroxylation is 4. The largest absolute Gasteiger partial charge is 0.494 e. The van der Waals surface area contributed by atoms with Gasteiger partial charge in [-0.25, -0.2) is 0 Å². The zero-order valence-corrected chi connectivity index (χ0v) is 23.4. The molecule has 2 aromatic carbocycles. The fourth-order valence-electron chi connectivity index (χ4n) is 6.50. The van der Waals surface area contributed by atoms with Crippen LogP contribution in [0.3, 0.4) is 0 Å². The molecule has 0 saturated carbocycles. The average Bonchev–Trinajstić information content (AvgIpc) is 3.66. The molecule has 208 valence electrons. The number of carbonyl (C=O) groups excluding carboxylic acids is 1. The number of hydrogen-bond acceptors (Lipinski definition) is 5. The summed E-state index contributed by atoms with van der Waals surface area (Å²) in [4.78, 5) is 22.0. The SMILES string of the molecule is CCN(Cc1ccncc1)C(=O)COc1ccc2c(c1)c1c3c[nH]c(O)c3c3c(c1n2CC)CCc1nn(C)cc1-3. The number of carbonyl (C=O) groups is 1. The number of rotatable bonds is 7. The van der Waals surface area contributed by atoms with Gasteiger partial charge in [0.05, 0.1) is 16.6 Å². The van der Waals surface area contributed by atoms with Crippen molar-refractivity contribution in [3.8, 4) is 22.8 Å². The zero-order valence-electron chi connectivity index (χ0n) is 23.4. The second-order valence-electron chi connectivity index (χ2n) is 10.6. The summed E-state index contributed by atoms with van der Waals surface area (Å²) in [5.41, 5.74) is 7.75. The van der Waals surface area contributed by atoms with E-state index >= 15 is 0 Å². The Balaban J connectivity index is 1.32. The average molecular weight is 549 g/mol. The smallest absolute Gasteiger partial charge is 0.260 e. The monoisotopic (exact) mass is 548 g/mol. The molecular weight excluding hydrogens is 516 g/mol. The van der Waals surface area contributed by atoms with E-state index in [-0.39, 0.29) is 18.4 Å². The van der Waals surface area contributed by atoms with E-state index in [1.54, 1.807) is 17.3 Å². The van der Waals surface area contributed by atoms with Crippen molar-refractivity contribution < 1.29 is 14.6 Å². The van der Waals surface area contributed by atoms with E-state index in [2.05, 4.69) is 33.7 Å². The molecule has 0 atom stereocenters. The van der Waals surface area contributed by atoms with Crippen molar-refractivity contribution in [3.05, 3.63) is 71.9 Å². The highest BCUT2D eigenvalue weighted by molar-refractivity contribution is 6.26. The number of likely N-dealkylation sites (N-methyl/N-ethyl adjacent to an activating group) is 1. The van der Waals surface area contributed by atoms with Gasteiger partial charge in [0.25, 0.3) is 5.91 Å². The predicted molar refractivity (Wildman–Crippen MR) is 159 cm³/mol. The van der Waals surface area contributed by atoms with Crippen LogP contribution in [0.15, 0.2) is 55.1 Å². The van der Waals surface area contributed by atoms with E-state index in [1.165, 1.54) is 11.1 Å². The first-order valence-corrected chi connectivity index (χ1v) is 14.1. The lowest BCUT2D eigenvalue weighted by Crippen LogP contribution is -2.34. The molecule has 1 amide bonds. The van der Waals surface area contributed by atoms with Gasteiger partial charge >= 0.3 is 0 Å². The van der Waals surface area contributed by atoms with Gasteiger partial charge in [-0.05, 0) is 68.1 Å². The number of aromatic amines is 1. The van der Waals surface area contributed by atoms with Crippen molar-refractivity contribution in [2.45, 2.75) is 39.8 Å². The number of aromatic hydroxyl groups is 1. The van der Waals surface area contributed by atoms with Crippen LogP contribution in [0.25, 0.3) is 43.7 Å². The maximum Gasteiger partial charge on any atom is 0.260 e. The number of amides is 1. The molecule has 4 heterocycles. The molecule has 1 aliphatic rings. The van der Waals surface area contributed by atoms with E-state index in [9.17, 15) is 9.90 Å². The molecule has 0 aliphatic heterocycles. The van der Waals surface area contributed by atoms with Crippen LogP contribution in [0, 0.1) is 0 Å². The van der Waals surface area contributed by atoms with Crippen LogP contribution in [0.2, 0.25) is 0 Å². The van der Waals surface area contributed by atoms with E-state index in [0.717, 1.165) is 68.8 Å². The highest BCUT2D eigenvalue weighted by Crippen LogP contribution is 2.49. The summed E-state index contributed by atoms with van der Waals surface area (Å²) in [6, 6.07) is 9.89. The summed E-state index contributed by atoms with van der Waals surface area (Å²) in [6.07, 6.45) is 9.12. The Hall–Kier alpha value is -4.79. The summed E-state index contributed by atoms with van der Waals surface area (Å²) < 4.78 is 10.3. The van der Waals surface area contributed by atoms with Crippen LogP contribution in [0.4, 0.5) is 0 Å². The van der Waals surface area contributed by atoms with Gasteiger partial charge in [0.1, 0.15) is 5.75 Å². The highest BCUT2D eigenvalue weighted by Gasteiger charge is 2.29. The second-order valence-corrected chi connectivity index (χ2v) is 10.6. The fraction of sp³-hybridized carbons (Fsp3) is 0.281. The van der Waals surface area contributed by atoms with E-state index in [0.29, 0.717) is 18.8 Å². The Labute approximate surface area is 237 Å². The Bertz CT molecular complexity index is 1950. The zero-order chi connectivity index (χ0) is 28.2. The molecule has 0 spiro atoms. The molecule has 9 nitrogen and oxygen atoms in total. The standard InChI is InChI=1S/C32H32N6O3/c1-4-37(16-19-10-12-33-13-11-19)27(39)18-41-20-6-9-26-22(14-20)29-23-15-34-32(40)30(23)28-21(31(29)38(26)5-2)7-8-25-24(28)17-36(3)35-25/h6,9-15,17,34,40H,4-5,7-8,16,18H2,1-3H3. The third kappa shape index (κ3) is 3.95. The van der Waals surface area contributed by atoms with Crippen LogP contribution in [-0.4, -0.2) is 53.4 Å². The molecule has 41 heavy (non-hydrogen) atoms. The topological polar surface area (TPSA) is 101 Å². The quantitative estimate of drug-likeness (QED) is 0.281. The van der Waals surface area contributed by atoms with Crippen LogP contribution in [0.5, 0.6) is 11.6 Å². The molecule has 0 radical (unpaired) electrons. The third-order valence-corrected chi connectivity index (χ3v) is 8.32. The minimum atomic E-state index is -0.0697. The summed E-state index contributed by atoms with van der Waals surface area (Å²) >= 11 is 0. The van der Waals surface area contributed by atoms with E-state index < -0.39 is 0 Å². The van der Waals surface area contributed by atoms with Crippen LogP contribution >= 0.6 is 0 Å². The van der Waals surface area contributed by atoms with Gasteiger partial charge in [-0.2, -0.15) is 5.10 Å². The van der Waals surface area contributed by atoms with Crippen molar-refractivity contribution in [1.29, 1.82) is 0 Å². The molecular formula is C32H32N6O3. The lowest BCUT2D eigenvalue weighted by molar-refractivity contribution is -0.133. The Morgan fingerprint density at radius 1 is 1.12 bits per heavy atom. The van der Waals surface area contributed by atoms with Gasteiger partial charge in [-0.3, -0.25) is 14.5 Å². The van der Waals surface area contributed by atoms with Gasteiger partial charge in [0, 0.05) is 84.3 Å².